The van der Waals surface area contributed by atoms with Crippen LogP contribution >= 0.6 is 0 Å². The first-order valence-corrected chi connectivity index (χ1v) is 11.4. The molecule has 0 bridgehead atoms. The summed E-state index contributed by atoms with van der Waals surface area (Å²) in [5.74, 6) is 0.588. The molecule has 2 aromatic heterocycles. The molecule has 0 radical (unpaired) electrons. The number of ether oxygens (including phenoxy) is 1. The van der Waals surface area contributed by atoms with Crippen LogP contribution in [-0.2, 0) is 4.74 Å². The van der Waals surface area contributed by atoms with Gasteiger partial charge in [-0.05, 0) is 49.4 Å². The average molecular weight is 444 g/mol. The SMILES string of the molecule is CCC(OCC1CC1)c1c(F)cnc2c1c(=O)cc(Nc1ccccc1)n2-c1ccccc1. The van der Waals surface area contributed by atoms with Crippen molar-refractivity contribution in [3.05, 3.63) is 94.5 Å². The minimum Gasteiger partial charge on any atom is -0.373 e. The predicted octanol–water partition coefficient (Wildman–Crippen LogP) is 6.15. The molecule has 168 valence electrons. The van der Waals surface area contributed by atoms with Gasteiger partial charge in [-0.25, -0.2) is 9.37 Å². The van der Waals surface area contributed by atoms with Gasteiger partial charge in [-0.3, -0.25) is 9.36 Å². The number of nitrogens with one attached hydrogen (secondary N) is 1. The number of rotatable bonds is 8. The zero-order chi connectivity index (χ0) is 22.8. The third-order valence-electron chi connectivity index (χ3n) is 6.00. The number of nitrogens with zero attached hydrogens (tertiary/aromatic N) is 2. The lowest BCUT2D eigenvalue weighted by atomic mass is 10.0. The van der Waals surface area contributed by atoms with E-state index < -0.39 is 11.9 Å². The normalized spacial score (nSPS) is 14.4. The molecule has 0 spiro atoms. The molecule has 1 N–H and O–H groups in total. The number of benzene rings is 2. The second kappa shape index (κ2) is 9.16. The fourth-order valence-electron chi connectivity index (χ4n) is 4.14. The number of anilines is 2. The monoisotopic (exact) mass is 443 g/mol. The van der Waals surface area contributed by atoms with E-state index in [2.05, 4.69) is 10.3 Å². The van der Waals surface area contributed by atoms with Gasteiger partial charge in [0.1, 0.15) is 11.6 Å². The molecular weight excluding hydrogens is 417 g/mol. The molecule has 4 aromatic rings. The van der Waals surface area contributed by atoms with Crippen LogP contribution in [0.1, 0.15) is 37.9 Å². The highest BCUT2D eigenvalue weighted by Gasteiger charge is 2.27. The van der Waals surface area contributed by atoms with E-state index in [-0.39, 0.29) is 10.8 Å². The van der Waals surface area contributed by atoms with Gasteiger partial charge in [0.15, 0.2) is 11.1 Å². The maximum atomic E-state index is 15.2. The van der Waals surface area contributed by atoms with Gasteiger partial charge >= 0.3 is 0 Å². The van der Waals surface area contributed by atoms with Crippen molar-refractivity contribution in [1.82, 2.24) is 9.55 Å². The number of para-hydroxylation sites is 2. The Morgan fingerprint density at radius 1 is 1.12 bits per heavy atom. The Bertz CT molecular complexity index is 1320. The first-order chi connectivity index (χ1) is 16.2. The minimum atomic E-state index is -0.509. The molecule has 0 saturated heterocycles. The maximum Gasteiger partial charge on any atom is 0.193 e. The highest BCUT2D eigenvalue weighted by Crippen LogP contribution is 2.35. The van der Waals surface area contributed by atoms with Crippen molar-refractivity contribution in [1.29, 1.82) is 0 Å². The molecule has 33 heavy (non-hydrogen) atoms. The van der Waals surface area contributed by atoms with Crippen molar-refractivity contribution in [2.75, 3.05) is 11.9 Å². The second-order valence-corrected chi connectivity index (χ2v) is 8.45. The zero-order valence-corrected chi connectivity index (χ0v) is 18.5. The van der Waals surface area contributed by atoms with E-state index in [1.54, 1.807) is 0 Å². The summed E-state index contributed by atoms with van der Waals surface area (Å²) in [7, 11) is 0. The van der Waals surface area contributed by atoms with E-state index in [0.717, 1.165) is 24.2 Å². The number of hydrogen-bond donors (Lipinski definition) is 1. The van der Waals surface area contributed by atoms with E-state index >= 15 is 4.39 Å². The van der Waals surface area contributed by atoms with Crippen LogP contribution in [0.5, 0.6) is 0 Å². The molecule has 1 atom stereocenters. The Balaban J connectivity index is 1.73. The second-order valence-electron chi connectivity index (χ2n) is 8.45. The van der Waals surface area contributed by atoms with Gasteiger partial charge in [0.2, 0.25) is 0 Å². The van der Waals surface area contributed by atoms with Crippen LogP contribution in [0.25, 0.3) is 16.7 Å². The third kappa shape index (κ3) is 4.39. The first-order valence-electron chi connectivity index (χ1n) is 11.4. The quantitative estimate of drug-likeness (QED) is 0.355. The van der Waals surface area contributed by atoms with Gasteiger partial charge in [0.25, 0.3) is 0 Å². The molecular formula is C27H26FN3O2. The van der Waals surface area contributed by atoms with E-state index in [0.29, 0.717) is 36.0 Å². The number of halogens is 1. The Morgan fingerprint density at radius 3 is 2.48 bits per heavy atom. The number of pyridine rings is 2. The van der Waals surface area contributed by atoms with Crippen LogP contribution in [-0.4, -0.2) is 16.2 Å². The molecule has 0 amide bonds. The molecule has 1 fully saturated rings. The van der Waals surface area contributed by atoms with Crippen molar-refractivity contribution >= 4 is 22.5 Å². The molecule has 5 nitrogen and oxygen atoms in total. The molecule has 1 aliphatic carbocycles. The fraction of sp³-hybridized carbons (Fsp3) is 0.259. The van der Waals surface area contributed by atoms with Crippen molar-refractivity contribution in [2.45, 2.75) is 32.3 Å². The van der Waals surface area contributed by atoms with Crippen molar-refractivity contribution in [3.63, 3.8) is 0 Å². The lowest BCUT2D eigenvalue weighted by molar-refractivity contribution is 0.0413. The molecule has 2 heterocycles. The summed E-state index contributed by atoms with van der Waals surface area (Å²) in [5, 5.41) is 3.59. The molecule has 0 aliphatic heterocycles. The zero-order valence-electron chi connectivity index (χ0n) is 18.5. The van der Waals surface area contributed by atoms with Crippen LogP contribution in [0, 0.1) is 11.7 Å². The van der Waals surface area contributed by atoms with Gasteiger partial charge in [-0.1, -0.05) is 43.3 Å². The van der Waals surface area contributed by atoms with E-state index in [9.17, 15) is 4.79 Å². The summed E-state index contributed by atoms with van der Waals surface area (Å²) < 4.78 is 23.1. The van der Waals surface area contributed by atoms with Gasteiger partial charge in [-0.2, -0.15) is 0 Å². The van der Waals surface area contributed by atoms with Crippen LogP contribution < -0.4 is 10.7 Å². The van der Waals surface area contributed by atoms with Crippen LogP contribution in [0.4, 0.5) is 15.9 Å². The van der Waals surface area contributed by atoms with Gasteiger partial charge in [0, 0.05) is 23.0 Å². The third-order valence-corrected chi connectivity index (χ3v) is 6.00. The minimum absolute atomic E-state index is 0.264. The van der Waals surface area contributed by atoms with Gasteiger partial charge < -0.3 is 10.1 Å². The topological polar surface area (TPSA) is 56.1 Å². The summed E-state index contributed by atoms with van der Waals surface area (Å²) in [4.78, 5) is 17.8. The standard InChI is InChI=1S/C27H26FN3O2/c1-2-23(33-17-18-13-14-18)25-21(28)16-29-27-26(25)22(32)15-24(30-19-9-5-3-6-10-19)31(27)20-11-7-4-8-12-20/h3-12,15-16,18,23,30H,2,13-14,17H2,1H3. The molecule has 2 aromatic carbocycles. The molecule has 6 heteroatoms. The van der Waals surface area contributed by atoms with E-state index in [1.165, 1.54) is 12.3 Å². The molecule has 1 aliphatic rings. The Labute approximate surface area is 191 Å². The van der Waals surface area contributed by atoms with Gasteiger partial charge in [0.05, 0.1) is 24.3 Å². The Kier molecular flexibility index (Phi) is 5.92. The van der Waals surface area contributed by atoms with Crippen LogP contribution in [0.15, 0.2) is 77.7 Å². The smallest absolute Gasteiger partial charge is 0.193 e. The summed E-state index contributed by atoms with van der Waals surface area (Å²) in [6.07, 6.45) is 3.56. The van der Waals surface area contributed by atoms with Gasteiger partial charge in [-0.15, -0.1) is 0 Å². The highest BCUT2D eigenvalue weighted by molar-refractivity contribution is 5.84. The lowest BCUT2D eigenvalue weighted by Gasteiger charge is -2.22. The van der Waals surface area contributed by atoms with Crippen LogP contribution in [0.2, 0.25) is 0 Å². The van der Waals surface area contributed by atoms with E-state index in [4.69, 9.17) is 4.74 Å². The summed E-state index contributed by atoms with van der Waals surface area (Å²) in [5.41, 5.74) is 2.06. The number of hydrogen-bond acceptors (Lipinski definition) is 4. The largest absolute Gasteiger partial charge is 0.373 e. The highest BCUT2D eigenvalue weighted by atomic mass is 19.1. The average Bonchev–Trinajstić information content (AvgIpc) is 3.66. The summed E-state index contributed by atoms with van der Waals surface area (Å²) in [6, 6.07) is 20.8. The number of aromatic nitrogens is 2. The maximum absolute atomic E-state index is 15.2. The molecule has 1 saturated carbocycles. The predicted molar refractivity (Wildman–Crippen MR) is 129 cm³/mol. The Morgan fingerprint density at radius 2 is 1.82 bits per heavy atom. The molecule has 1 unspecified atom stereocenters. The fourth-order valence-corrected chi connectivity index (χ4v) is 4.14. The van der Waals surface area contributed by atoms with E-state index in [1.807, 2.05) is 72.2 Å². The first kappa shape index (κ1) is 21.3. The van der Waals surface area contributed by atoms with Crippen molar-refractivity contribution in [2.24, 2.45) is 5.92 Å². The molecule has 5 rings (SSSR count). The Hall–Kier alpha value is -3.51. The lowest BCUT2D eigenvalue weighted by Crippen LogP contribution is -2.18. The summed E-state index contributed by atoms with van der Waals surface area (Å²) >= 11 is 0. The van der Waals surface area contributed by atoms with Crippen LogP contribution in [0.3, 0.4) is 0 Å². The van der Waals surface area contributed by atoms with Crippen molar-refractivity contribution < 1.29 is 9.13 Å². The van der Waals surface area contributed by atoms with Crippen molar-refractivity contribution in [3.8, 4) is 5.69 Å². The number of fused-ring (bicyclic) bond motifs is 1. The summed E-state index contributed by atoms with van der Waals surface area (Å²) in [6.45, 7) is 2.53.